The van der Waals surface area contributed by atoms with E-state index in [2.05, 4.69) is 32.6 Å². The van der Waals surface area contributed by atoms with Crippen LogP contribution >= 0.6 is 0 Å². The van der Waals surface area contributed by atoms with Crippen molar-refractivity contribution in [1.82, 2.24) is 4.90 Å². The maximum Gasteiger partial charge on any atom is 0.0695 e. The minimum Gasteiger partial charge on any atom is -0.391 e. The molecule has 0 aromatic rings. The number of rotatable bonds is 4. The highest BCUT2D eigenvalue weighted by Crippen LogP contribution is 2.42. The Labute approximate surface area is 119 Å². The van der Waals surface area contributed by atoms with Crippen LogP contribution in [0.3, 0.4) is 0 Å². The molecule has 0 aromatic heterocycles. The molecule has 2 heteroatoms. The van der Waals surface area contributed by atoms with Gasteiger partial charge in [-0.25, -0.2) is 0 Å². The first-order chi connectivity index (χ1) is 8.97. The second-order valence-corrected chi connectivity index (χ2v) is 7.54. The van der Waals surface area contributed by atoms with Gasteiger partial charge in [0.05, 0.1) is 6.10 Å². The van der Waals surface area contributed by atoms with Gasteiger partial charge < -0.3 is 5.11 Å². The second-order valence-electron chi connectivity index (χ2n) is 7.54. The summed E-state index contributed by atoms with van der Waals surface area (Å²) in [5, 5.41) is 10.4. The fourth-order valence-electron chi connectivity index (χ4n) is 4.02. The van der Waals surface area contributed by atoms with Crippen LogP contribution in [-0.4, -0.2) is 35.2 Å². The van der Waals surface area contributed by atoms with Gasteiger partial charge in [-0.2, -0.15) is 0 Å². The Morgan fingerprint density at radius 1 is 1.16 bits per heavy atom. The monoisotopic (exact) mass is 267 g/mol. The van der Waals surface area contributed by atoms with Crippen molar-refractivity contribution >= 4 is 0 Å². The average molecular weight is 267 g/mol. The predicted octanol–water partition coefficient (Wildman–Crippen LogP) is 3.68. The van der Waals surface area contributed by atoms with Gasteiger partial charge in [0.15, 0.2) is 0 Å². The van der Waals surface area contributed by atoms with Crippen molar-refractivity contribution in [2.24, 2.45) is 17.3 Å². The highest BCUT2D eigenvalue weighted by atomic mass is 16.3. The molecule has 1 heterocycles. The molecule has 2 aliphatic rings. The van der Waals surface area contributed by atoms with Gasteiger partial charge in [-0.1, -0.05) is 40.5 Å². The molecule has 0 bridgehead atoms. The minimum atomic E-state index is -0.0838. The molecule has 1 saturated heterocycles. The Morgan fingerprint density at radius 3 is 2.47 bits per heavy atom. The van der Waals surface area contributed by atoms with Crippen LogP contribution in [0.4, 0.5) is 0 Å². The second kappa shape index (κ2) is 6.13. The fourth-order valence-corrected chi connectivity index (χ4v) is 4.02. The summed E-state index contributed by atoms with van der Waals surface area (Å²) >= 11 is 0. The zero-order valence-electron chi connectivity index (χ0n) is 13.4. The van der Waals surface area contributed by atoms with Crippen molar-refractivity contribution in [2.45, 2.75) is 78.4 Å². The molecular weight excluding hydrogens is 234 g/mol. The lowest BCUT2D eigenvalue weighted by atomic mass is 9.67. The van der Waals surface area contributed by atoms with E-state index in [1.54, 1.807) is 0 Å². The molecule has 1 N–H and O–H groups in total. The molecule has 0 radical (unpaired) electrons. The van der Waals surface area contributed by atoms with Gasteiger partial charge in [0.25, 0.3) is 0 Å². The molecule has 1 aliphatic carbocycles. The van der Waals surface area contributed by atoms with Gasteiger partial charge in [-0.3, -0.25) is 4.90 Å². The van der Waals surface area contributed by atoms with Gasteiger partial charge in [-0.05, 0) is 49.5 Å². The van der Waals surface area contributed by atoms with E-state index in [9.17, 15) is 5.11 Å². The number of hydrogen-bond acceptors (Lipinski definition) is 2. The van der Waals surface area contributed by atoms with Crippen molar-refractivity contribution < 1.29 is 5.11 Å². The van der Waals surface area contributed by atoms with Gasteiger partial charge in [-0.15, -0.1) is 0 Å². The van der Waals surface area contributed by atoms with E-state index in [0.717, 1.165) is 18.3 Å². The van der Waals surface area contributed by atoms with Crippen LogP contribution in [0.5, 0.6) is 0 Å². The highest BCUT2D eigenvalue weighted by molar-refractivity contribution is 4.93. The largest absolute Gasteiger partial charge is 0.391 e. The lowest BCUT2D eigenvalue weighted by Crippen LogP contribution is -2.48. The molecule has 2 nitrogen and oxygen atoms in total. The summed E-state index contributed by atoms with van der Waals surface area (Å²) in [6.45, 7) is 11.9. The molecule has 0 spiro atoms. The normalized spacial score (nSPS) is 37.7. The molecule has 1 saturated carbocycles. The smallest absolute Gasteiger partial charge is 0.0695 e. The third-order valence-electron chi connectivity index (χ3n) is 6.16. The number of hydrogen-bond donors (Lipinski definition) is 1. The predicted molar refractivity (Wildman–Crippen MR) is 81.2 cm³/mol. The summed E-state index contributed by atoms with van der Waals surface area (Å²) in [5.74, 6) is 1.65. The maximum absolute atomic E-state index is 10.4. The average Bonchev–Trinajstić information content (AvgIpc) is 2.87. The van der Waals surface area contributed by atoms with Gasteiger partial charge in [0, 0.05) is 12.6 Å². The number of aliphatic hydroxyl groups excluding tert-OH is 1. The van der Waals surface area contributed by atoms with E-state index in [-0.39, 0.29) is 6.10 Å². The first-order valence-electron chi connectivity index (χ1n) is 8.40. The van der Waals surface area contributed by atoms with Crippen LogP contribution < -0.4 is 0 Å². The maximum atomic E-state index is 10.4. The van der Waals surface area contributed by atoms with E-state index in [4.69, 9.17) is 0 Å². The van der Waals surface area contributed by atoms with Crippen molar-refractivity contribution in [1.29, 1.82) is 0 Å². The summed E-state index contributed by atoms with van der Waals surface area (Å²) in [4.78, 5) is 2.59. The molecule has 19 heavy (non-hydrogen) atoms. The molecule has 4 unspecified atom stereocenters. The van der Waals surface area contributed by atoms with E-state index < -0.39 is 0 Å². The van der Waals surface area contributed by atoms with Crippen LogP contribution in [0.25, 0.3) is 0 Å². The fraction of sp³-hybridized carbons (Fsp3) is 1.00. The lowest BCUT2D eigenvalue weighted by Gasteiger charge is -2.44. The number of likely N-dealkylation sites (tertiary alicyclic amines) is 1. The Balaban J connectivity index is 1.99. The number of nitrogens with zero attached hydrogens (tertiary/aromatic N) is 1. The van der Waals surface area contributed by atoms with Crippen molar-refractivity contribution in [3.05, 3.63) is 0 Å². The summed E-state index contributed by atoms with van der Waals surface area (Å²) in [6, 6.07) is 0.432. The Bertz CT molecular complexity index is 289. The molecule has 2 rings (SSSR count). The van der Waals surface area contributed by atoms with Crippen molar-refractivity contribution in [2.75, 3.05) is 13.1 Å². The van der Waals surface area contributed by atoms with Crippen LogP contribution in [0.2, 0.25) is 0 Å². The van der Waals surface area contributed by atoms with Gasteiger partial charge >= 0.3 is 0 Å². The standard InChI is InChI=1S/C17H33NO/c1-5-13-9-10-18(12-13)15-11-14(7-8-16(15)19)17(3,4)6-2/h13-16,19H,5-12H2,1-4H3. The summed E-state index contributed by atoms with van der Waals surface area (Å²) in [5.41, 5.74) is 0.433. The minimum absolute atomic E-state index is 0.0838. The third kappa shape index (κ3) is 3.33. The third-order valence-corrected chi connectivity index (χ3v) is 6.16. The topological polar surface area (TPSA) is 23.5 Å². The van der Waals surface area contributed by atoms with Gasteiger partial charge in [0.1, 0.15) is 0 Å². The van der Waals surface area contributed by atoms with Crippen LogP contribution in [0, 0.1) is 17.3 Å². The zero-order valence-corrected chi connectivity index (χ0v) is 13.4. The molecule has 0 aromatic carbocycles. The van der Waals surface area contributed by atoms with E-state index in [0.29, 0.717) is 11.5 Å². The van der Waals surface area contributed by atoms with Crippen molar-refractivity contribution in [3.8, 4) is 0 Å². The van der Waals surface area contributed by atoms with Crippen LogP contribution in [0.1, 0.15) is 66.2 Å². The van der Waals surface area contributed by atoms with Crippen LogP contribution in [-0.2, 0) is 0 Å². The molecule has 2 fully saturated rings. The summed E-state index contributed by atoms with van der Waals surface area (Å²) < 4.78 is 0. The van der Waals surface area contributed by atoms with Crippen molar-refractivity contribution in [3.63, 3.8) is 0 Å². The Kier molecular flexibility index (Phi) is 4.94. The Morgan fingerprint density at radius 2 is 1.89 bits per heavy atom. The van der Waals surface area contributed by atoms with E-state index in [1.165, 1.54) is 45.2 Å². The molecule has 0 amide bonds. The highest BCUT2D eigenvalue weighted by Gasteiger charge is 2.40. The molecule has 4 atom stereocenters. The van der Waals surface area contributed by atoms with Gasteiger partial charge in [0.2, 0.25) is 0 Å². The number of aliphatic hydroxyl groups is 1. The van der Waals surface area contributed by atoms with E-state index >= 15 is 0 Å². The SMILES string of the molecule is CCC1CCN(C2CC(C(C)(C)CC)CCC2O)C1. The molecule has 1 aliphatic heterocycles. The first-order valence-corrected chi connectivity index (χ1v) is 8.40. The lowest BCUT2D eigenvalue weighted by molar-refractivity contribution is -0.0139. The summed E-state index contributed by atoms with van der Waals surface area (Å²) in [6.07, 6.45) is 7.22. The van der Waals surface area contributed by atoms with Crippen LogP contribution in [0.15, 0.2) is 0 Å². The quantitative estimate of drug-likeness (QED) is 0.840. The van der Waals surface area contributed by atoms with E-state index in [1.807, 2.05) is 0 Å². The summed E-state index contributed by atoms with van der Waals surface area (Å²) in [7, 11) is 0. The molecular formula is C17H33NO. The zero-order chi connectivity index (χ0) is 14.0. The first kappa shape index (κ1) is 15.3. The molecule has 112 valence electrons. The Hall–Kier alpha value is -0.0800.